The highest BCUT2D eigenvalue weighted by Gasteiger charge is 2.37. The Bertz CT molecular complexity index is 732. The third-order valence-electron chi connectivity index (χ3n) is 4.58. The van der Waals surface area contributed by atoms with Gasteiger partial charge in [-0.05, 0) is 18.1 Å². The number of carbonyl (C=O) groups is 3. The van der Waals surface area contributed by atoms with Gasteiger partial charge in [-0.3, -0.25) is 9.59 Å². The van der Waals surface area contributed by atoms with Crippen LogP contribution in [0.15, 0.2) is 18.2 Å². The fourth-order valence-electron chi connectivity index (χ4n) is 3.08. The Balaban J connectivity index is 1.69. The number of fused-ring (bicyclic) bond motifs is 1. The van der Waals surface area contributed by atoms with E-state index in [-0.39, 0.29) is 37.5 Å². The Hall–Kier alpha value is -2.77. The van der Waals surface area contributed by atoms with Crippen molar-refractivity contribution in [2.24, 2.45) is 11.8 Å². The number of amides is 2. The number of benzene rings is 1. The molecule has 0 spiro atoms. The summed E-state index contributed by atoms with van der Waals surface area (Å²) in [6.45, 7) is 4.04. The molecule has 2 aliphatic rings. The average molecular weight is 362 g/mol. The number of nitrogens with one attached hydrogen (secondary N) is 1. The second kappa shape index (κ2) is 7.23. The molecule has 1 unspecified atom stereocenters. The lowest BCUT2D eigenvalue weighted by Gasteiger charge is -2.22. The molecular weight excluding hydrogens is 340 g/mol. The van der Waals surface area contributed by atoms with E-state index in [1.54, 1.807) is 23.1 Å². The van der Waals surface area contributed by atoms with E-state index in [0.29, 0.717) is 17.2 Å². The summed E-state index contributed by atoms with van der Waals surface area (Å²) in [5.41, 5.74) is 0.655. The zero-order chi connectivity index (χ0) is 18.8. The Kier molecular flexibility index (Phi) is 5.01. The highest BCUT2D eigenvalue weighted by atomic mass is 16.7. The summed E-state index contributed by atoms with van der Waals surface area (Å²) in [6, 6.07) is 4.50. The average Bonchev–Trinajstić information content (AvgIpc) is 3.24. The van der Waals surface area contributed by atoms with Gasteiger partial charge in [-0.2, -0.15) is 0 Å². The number of anilines is 1. The van der Waals surface area contributed by atoms with Crippen molar-refractivity contribution < 1.29 is 28.6 Å². The van der Waals surface area contributed by atoms with Crippen molar-refractivity contribution in [1.82, 2.24) is 5.32 Å². The molecule has 2 aliphatic heterocycles. The number of hydrogen-bond acceptors (Lipinski definition) is 6. The molecule has 2 amide bonds. The van der Waals surface area contributed by atoms with E-state index in [2.05, 4.69) is 5.32 Å². The SMILES string of the molecule is COC(=O)[C@@H](NC(=O)C1CC(=O)N(c2ccc3c(c2)OCO3)C1)C(C)C. The molecule has 1 aromatic rings. The van der Waals surface area contributed by atoms with Gasteiger partial charge in [0.05, 0.1) is 13.0 Å². The minimum absolute atomic E-state index is 0.0895. The molecule has 8 nitrogen and oxygen atoms in total. The maximum absolute atomic E-state index is 12.5. The van der Waals surface area contributed by atoms with E-state index >= 15 is 0 Å². The van der Waals surface area contributed by atoms with Gasteiger partial charge in [-0.1, -0.05) is 13.8 Å². The fourth-order valence-corrected chi connectivity index (χ4v) is 3.08. The molecule has 1 saturated heterocycles. The van der Waals surface area contributed by atoms with Crippen LogP contribution in [0.2, 0.25) is 0 Å². The van der Waals surface area contributed by atoms with Crippen LogP contribution in [0.4, 0.5) is 5.69 Å². The van der Waals surface area contributed by atoms with Crippen LogP contribution >= 0.6 is 0 Å². The highest BCUT2D eigenvalue weighted by Crippen LogP contribution is 2.37. The Morgan fingerprint density at radius 2 is 2.00 bits per heavy atom. The minimum Gasteiger partial charge on any atom is -0.467 e. The van der Waals surface area contributed by atoms with E-state index in [9.17, 15) is 14.4 Å². The number of nitrogens with zero attached hydrogens (tertiary/aromatic N) is 1. The van der Waals surface area contributed by atoms with E-state index in [4.69, 9.17) is 14.2 Å². The van der Waals surface area contributed by atoms with Gasteiger partial charge in [-0.15, -0.1) is 0 Å². The lowest BCUT2D eigenvalue weighted by Crippen LogP contribution is -2.47. The predicted molar refractivity (Wildman–Crippen MR) is 91.8 cm³/mol. The van der Waals surface area contributed by atoms with Crippen LogP contribution in [0.3, 0.4) is 0 Å². The van der Waals surface area contributed by atoms with Gasteiger partial charge in [0.25, 0.3) is 0 Å². The van der Waals surface area contributed by atoms with Gasteiger partial charge in [0.15, 0.2) is 11.5 Å². The van der Waals surface area contributed by atoms with Crippen molar-refractivity contribution in [3.63, 3.8) is 0 Å². The summed E-state index contributed by atoms with van der Waals surface area (Å²) in [6.07, 6.45) is 0.0895. The molecule has 0 aliphatic carbocycles. The quantitative estimate of drug-likeness (QED) is 0.788. The molecule has 2 atom stereocenters. The third kappa shape index (κ3) is 3.44. The first-order chi connectivity index (χ1) is 12.4. The van der Waals surface area contributed by atoms with Crippen LogP contribution in [-0.2, 0) is 19.1 Å². The van der Waals surface area contributed by atoms with Crippen LogP contribution in [-0.4, -0.2) is 44.3 Å². The summed E-state index contributed by atoms with van der Waals surface area (Å²) in [5.74, 6) is -0.409. The number of rotatable bonds is 5. The molecular formula is C18H22N2O6. The summed E-state index contributed by atoms with van der Waals surface area (Å²) < 4.78 is 15.3. The first-order valence-corrected chi connectivity index (χ1v) is 8.49. The van der Waals surface area contributed by atoms with E-state index in [1.165, 1.54) is 7.11 Å². The summed E-state index contributed by atoms with van der Waals surface area (Å²) in [7, 11) is 1.28. The Labute approximate surface area is 151 Å². The van der Waals surface area contributed by atoms with Crippen molar-refractivity contribution in [3.05, 3.63) is 18.2 Å². The van der Waals surface area contributed by atoms with Gasteiger partial charge >= 0.3 is 5.97 Å². The third-order valence-corrected chi connectivity index (χ3v) is 4.58. The molecule has 1 aromatic carbocycles. The van der Waals surface area contributed by atoms with Crippen molar-refractivity contribution >= 4 is 23.5 Å². The van der Waals surface area contributed by atoms with Crippen LogP contribution in [0.25, 0.3) is 0 Å². The number of carbonyl (C=O) groups excluding carboxylic acids is 3. The van der Waals surface area contributed by atoms with E-state index in [1.807, 2.05) is 13.8 Å². The zero-order valence-corrected chi connectivity index (χ0v) is 15.0. The Morgan fingerprint density at radius 3 is 2.69 bits per heavy atom. The lowest BCUT2D eigenvalue weighted by molar-refractivity contribution is -0.146. The molecule has 0 saturated carbocycles. The number of esters is 1. The van der Waals surface area contributed by atoms with Crippen molar-refractivity contribution in [2.75, 3.05) is 25.3 Å². The standard InChI is InChI=1S/C18H22N2O6/c1-10(2)16(18(23)24-3)19-17(22)11-6-15(21)20(8-11)12-4-5-13-14(7-12)26-9-25-13/h4-5,7,10-11,16H,6,8-9H2,1-3H3,(H,19,22)/t11?,16-/m0/s1. The molecule has 140 valence electrons. The Morgan fingerprint density at radius 1 is 1.27 bits per heavy atom. The zero-order valence-electron chi connectivity index (χ0n) is 15.0. The molecule has 1 fully saturated rings. The molecule has 0 radical (unpaired) electrons. The summed E-state index contributed by atoms with van der Waals surface area (Å²) >= 11 is 0. The lowest BCUT2D eigenvalue weighted by atomic mass is 10.0. The van der Waals surface area contributed by atoms with Gasteiger partial charge in [0, 0.05) is 24.7 Å². The number of hydrogen-bond donors (Lipinski definition) is 1. The fraction of sp³-hybridized carbons (Fsp3) is 0.500. The molecule has 2 heterocycles. The molecule has 8 heteroatoms. The van der Waals surface area contributed by atoms with E-state index in [0.717, 1.165) is 0 Å². The second-order valence-electron chi connectivity index (χ2n) is 6.70. The highest BCUT2D eigenvalue weighted by molar-refractivity contribution is 6.01. The van der Waals surface area contributed by atoms with Crippen molar-refractivity contribution in [1.29, 1.82) is 0 Å². The van der Waals surface area contributed by atoms with E-state index < -0.39 is 17.9 Å². The van der Waals surface area contributed by atoms with Gasteiger partial charge in [-0.25, -0.2) is 4.79 Å². The van der Waals surface area contributed by atoms with Crippen LogP contribution in [0.1, 0.15) is 20.3 Å². The van der Waals surface area contributed by atoms with Gasteiger partial charge < -0.3 is 24.4 Å². The molecule has 0 bridgehead atoms. The van der Waals surface area contributed by atoms with Gasteiger partial charge in [0.2, 0.25) is 18.6 Å². The molecule has 1 N–H and O–H groups in total. The van der Waals surface area contributed by atoms with Crippen LogP contribution in [0, 0.1) is 11.8 Å². The molecule has 0 aromatic heterocycles. The maximum Gasteiger partial charge on any atom is 0.328 e. The van der Waals surface area contributed by atoms with Crippen LogP contribution in [0.5, 0.6) is 11.5 Å². The normalized spacial score (nSPS) is 19.6. The second-order valence-corrected chi connectivity index (χ2v) is 6.70. The topological polar surface area (TPSA) is 94.2 Å². The summed E-state index contributed by atoms with van der Waals surface area (Å²) in [5, 5.41) is 2.71. The molecule has 3 rings (SSSR count). The number of methoxy groups -OCH3 is 1. The minimum atomic E-state index is -0.734. The monoisotopic (exact) mass is 362 g/mol. The van der Waals surface area contributed by atoms with Gasteiger partial charge in [0.1, 0.15) is 6.04 Å². The first-order valence-electron chi connectivity index (χ1n) is 8.49. The predicted octanol–water partition coefficient (Wildman–Crippen LogP) is 1.08. The maximum atomic E-state index is 12.5. The smallest absolute Gasteiger partial charge is 0.328 e. The largest absolute Gasteiger partial charge is 0.467 e. The first kappa shape index (κ1) is 18.0. The van der Waals surface area contributed by atoms with Crippen molar-refractivity contribution in [3.8, 4) is 11.5 Å². The number of ether oxygens (including phenoxy) is 3. The van der Waals surface area contributed by atoms with Crippen molar-refractivity contribution in [2.45, 2.75) is 26.3 Å². The summed E-state index contributed by atoms with van der Waals surface area (Å²) in [4.78, 5) is 38.3. The van der Waals surface area contributed by atoms with Crippen LogP contribution < -0.4 is 19.7 Å². The molecule has 26 heavy (non-hydrogen) atoms.